The summed E-state index contributed by atoms with van der Waals surface area (Å²) in [6, 6.07) is 0.539. The maximum Gasteiger partial charge on any atom is 0.0213 e. The maximum absolute atomic E-state index is 5.70. The maximum atomic E-state index is 5.70. The molecule has 0 aromatic carbocycles. The average Bonchev–Trinajstić information content (AvgIpc) is 2.65. The largest absolute Gasteiger partial charge is 0.271 e. The zero-order valence-electron chi connectivity index (χ0n) is 12.0. The molecule has 1 atom stereocenters. The van der Waals surface area contributed by atoms with E-state index in [9.17, 15) is 0 Å². The fourth-order valence-electron chi connectivity index (χ4n) is 3.13. The van der Waals surface area contributed by atoms with E-state index in [0.717, 1.165) is 12.3 Å². The summed E-state index contributed by atoms with van der Waals surface area (Å²) in [5, 5.41) is 0. The van der Waals surface area contributed by atoms with E-state index >= 15 is 0 Å². The second-order valence-corrected chi connectivity index (χ2v) is 5.88. The van der Waals surface area contributed by atoms with Crippen molar-refractivity contribution in [1.29, 1.82) is 0 Å². The van der Waals surface area contributed by atoms with Crippen molar-refractivity contribution in [2.24, 2.45) is 11.8 Å². The van der Waals surface area contributed by atoms with Crippen molar-refractivity contribution in [2.45, 2.75) is 83.1 Å². The van der Waals surface area contributed by atoms with Crippen LogP contribution in [0.5, 0.6) is 0 Å². The molecule has 2 nitrogen and oxygen atoms in total. The van der Waals surface area contributed by atoms with E-state index in [-0.39, 0.29) is 0 Å². The Kier molecular flexibility index (Phi) is 9.23. The molecular weight excluding hydrogens is 220 g/mol. The summed E-state index contributed by atoms with van der Waals surface area (Å²) in [5.41, 5.74) is 3.04. The number of allylic oxidation sites excluding steroid dienone is 1. The van der Waals surface area contributed by atoms with E-state index in [1.165, 1.54) is 70.6 Å². The first-order valence-corrected chi connectivity index (χ1v) is 7.94. The number of rotatable bonds is 9. The third kappa shape index (κ3) is 7.17. The predicted molar refractivity (Wildman–Crippen MR) is 80.2 cm³/mol. The van der Waals surface area contributed by atoms with Gasteiger partial charge in [0, 0.05) is 6.04 Å². The minimum atomic E-state index is 0.539. The summed E-state index contributed by atoms with van der Waals surface area (Å²) >= 11 is 0. The lowest BCUT2D eigenvalue weighted by Gasteiger charge is -2.22. The highest BCUT2D eigenvalue weighted by atomic mass is 15.2. The van der Waals surface area contributed by atoms with Gasteiger partial charge in [0.2, 0.25) is 0 Å². The highest BCUT2D eigenvalue weighted by Crippen LogP contribution is 2.27. The van der Waals surface area contributed by atoms with Crippen LogP contribution in [0.15, 0.2) is 12.7 Å². The van der Waals surface area contributed by atoms with Crippen LogP contribution in [0.25, 0.3) is 0 Å². The number of nitrogens with one attached hydrogen (secondary N) is 1. The smallest absolute Gasteiger partial charge is 0.0213 e. The molecule has 3 N–H and O–H groups in total. The number of hydrazine groups is 1. The van der Waals surface area contributed by atoms with Gasteiger partial charge < -0.3 is 0 Å². The van der Waals surface area contributed by atoms with E-state index in [4.69, 9.17) is 5.84 Å². The Morgan fingerprint density at radius 1 is 1.11 bits per heavy atom. The quantitative estimate of drug-likeness (QED) is 0.211. The van der Waals surface area contributed by atoms with Gasteiger partial charge in [-0.25, -0.2) is 0 Å². The molecule has 2 heteroatoms. The topological polar surface area (TPSA) is 38.0 Å². The average molecular weight is 252 g/mol. The lowest BCUT2D eigenvalue weighted by molar-refractivity contribution is 0.335. The van der Waals surface area contributed by atoms with Gasteiger partial charge in [0.1, 0.15) is 0 Å². The highest BCUT2D eigenvalue weighted by Gasteiger charge is 2.17. The van der Waals surface area contributed by atoms with Crippen LogP contribution in [0.4, 0.5) is 0 Å². The van der Waals surface area contributed by atoms with Crippen molar-refractivity contribution in [3.05, 3.63) is 12.7 Å². The lowest BCUT2D eigenvalue weighted by Crippen LogP contribution is -2.36. The molecule has 0 bridgehead atoms. The van der Waals surface area contributed by atoms with Crippen molar-refractivity contribution in [3.8, 4) is 0 Å². The number of unbranched alkanes of at least 4 members (excludes halogenated alkanes) is 3. The second-order valence-electron chi connectivity index (χ2n) is 5.88. The summed E-state index contributed by atoms with van der Waals surface area (Å²) < 4.78 is 0. The molecule has 0 aliphatic heterocycles. The van der Waals surface area contributed by atoms with Gasteiger partial charge in [-0.3, -0.25) is 11.3 Å². The van der Waals surface area contributed by atoms with Crippen LogP contribution in [0.1, 0.15) is 77.0 Å². The predicted octanol–water partition coefficient (Wildman–Crippen LogP) is 4.32. The van der Waals surface area contributed by atoms with Gasteiger partial charge >= 0.3 is 0 Å². The SMILES string of the molecule is C=CCCCCCC(CC1CCCCCC1)NN. The highest BCUT2D eigenvalue weighted by molar-refractivity contribution is 4.73. The minimum absolute atomic E-state index is 0.539. The molecule has 1 rings (SSSR count). The van der Waals surface area contributed by atoms with Crippen molar-refractivity contribution in [2.75, 3.05) is 0 Å². The van der Waals surface area contributed by atoms with Gasteiger partial charge in [-0.15, -0.1) is 6.58 Å². The zero-order valence-corrected chi connectivity index (χ0v) is 12.0. The molecular formula is C16H32N2. The van der Waals surface area contributed by atoms with E-state index in [1.807, 2.05) is 6.08 Å². The fraction of sp³-hybridized carbons (Fsp3) is 0.875. The molecule has 0 aromatic heterocycles. The number of nitrogens with two attached hydrogens (primary N) is 1. The molecule has 1 fully saturated rings. The Labute approximate surface area is 113 Å². The molecule has 0 radical (unpaired) electrons. The van der Waals surface area contributed by atoms with Crippen molar-refractivity contribution < 1.29 is 0 Å². The van der Waals surface area contributed by atoms with Gasteiger partial charge in [0.15, 0.2) is 0 Å². The van der Waals surface area contributed by atoms with Crippen LogP contribution in [0, 0.1) is 5.92 Å². The molecule has 0 amide bonds. The molecule has 18 heavy (non-hydrogen) atoms. The van der Waals surface area contributed by atoms with Crippen molar-refractivity contribution in [1.82, 2.24) is 5.43 Å². The second kappa shape index (κ2) is 10.6. The molecule has 1 unspecified atom stereocenters. The van der Waals surface area contributed by atoms with Crippen molar-refractivity contribution in [3.63, 3.8) is 0 Å². The molecule has 1 aliphatic rings. The molecule has 0 heterocycles. The Hall–Kier alpha value is -0.340. The van der Waals surface area contributed by atoms with Gasteiger partial charge in [-0.1, -0.05) is 57.4 Å². The van der Waals surface area contributed by atoms with Gasteiger partial charge in [-0.05, 0) is 31.6 Å². The summed E-state index contributed by atoms with van der Waals surface area (Å²) in [6.07, 6.45) is 18.2. The Bertz CT molecular complexity index is 195. The molecule has 1 saturated carbocycles. The normalized spacial score (nSPS) is 19.4. The molecule has 1 aliphatic carbocycles. The van der Waals surface area contributed by atoms with Crippen LogP contribution < -0.4 is 11.3 Å². The lowest BCUT2D eigenvalue weighted by atomic mass is 9.90. The molecule has 0 saturated heterocycles. The fourth-order valence-corrected chi connectivity index (χ4v) is 3.13. The standard InChI is InChI=1S/C16H32N2/c1-2-3-4-5-10-13-16(18-17)14-15-11-8-6-7-9-12-15/h2,15-16,18H,1,3-14,17H2. The van der Waals surface area contributed by atoms with Crippen LogP contribution >= 0.6 is 0 Å². The third-order valence-corrected chi connectivity index (χ3v) is 4.29. The summed E-state index contributed by atoms with van der Waals surface area (Å²) in [4.78, 5) is 0. The monoisotopic (exact) mass is 252 g/mol. The Morgan fingerprint density at radius 2 is 1.83 bits per heavy atom. The van der Waals surface area contributed by atoms with Gasteiger partial charge in [-0.2, -0.15) is 0 Å². The van der Waals surface area contributed by atoms with Crippen LogP contribution in [0.2, 0.25) is 0 Å². The van der Waals surface area contributed by atoms with E-state index in [2.05, 4.69) is 12.0 Å². The molecule has 0 aromatic rings. The third-order valence-electron chi connectivity index (χ3n) is 4.29. The Balaban J connectivity index is 2.13. The summed E-state index contributed by atoms with van der Waals surface area (Å²) in [7, 11) is 0. The first kappa shape index (κ1) is 15.7. The first-order chi connectivity index (χ1) is 8.86. The minimum Gasteiger partial charge on any atom is -0.271 e. The van der Waals surface area contributed by atoms with E-state index in [0.29, 0.717) is 6.04 Å². The summed E-state index contributed by atoms with van der Waals surface area (Å²) in [6.45, 7) is 3.76. The Morgan fingerprint density at radius 3 is 2.44 bits per heavy atom. The van der Waals surface area contributed by atoms with Crippen molar-refractivity contribution >= 4 is 0 Å². The number of hydrogen-bond acceptors (Lipinski definition) is 2. The first-order valence-electron chi connectivity index (χ1n) is 7.94. The van der Waals surface area contributed by atoms with Crippen LogP contribution in [-0.4, -0.2) is 6.04 Å². The van der Waals surface area contributed by atoms with Crippen LogP contribution in [-0.2, 0) is 0 Å². The molecule has 0 spiro atoms. The zero-order chi connectivity index (χ0) is 13.1. The molecule has 106 valence electrons. The van der Waals surface area contributed by atoms with Gasteiger partial charge in [0.05, 0.1) is 0 Å². The van der Waals surface area contributed by atoms with Gasteiger partial charge in [0.25, 0.3) is 0 Å². The van der Waals surface area contributed by atoms with E-state index in [1.54, 1.807) is 0 Å². The summed E-state index contributed by atoms with van der Waals surface area (Å²) in [5.74, 6) is 6.62. The van der Waals surface area contributed by atoms with E-state index < -0.39 is 0 Å². The number of hydrogen-bond donors (Lipinski definition) is 2. The van der Waals surface area contributed by atoms with Crippen LogP contribution in [0.3, 0.4) is 0 Å².